The quantitative estimate of drug-likeness (QED) is 0.0675. The third kappa shape index (κ3) is 35.4. The van der Waals surface area contributed by atoms with E-state index in [9.17, 15) is 9.59 Å². The molecule has 0 heterocycles. The third-order valence-corrected chi connectivity index (χ3v) is 9.15. The van der Waals surface area contributed by atoms with E-state index in [1.807, 2.05) is 6.92 Å². The lowest BCUT2D eigenvalue weighted by Crippen LogP contribution is -2.34. The molecule has 1 amide bonds. The summed E-state index contributed by atoms with van der Waals surface area (Å²) in [6, 6.07) is -0.0130. The third-order valence-electron chi connectivity index (χ3n) is 9.15. The van der Waals surface area contributed by atoms with Crippen LogP contribution in [-0.4, -0.2) is 36.2 Å². The van der Waals surface area contributed by atoms with Gasteiger partial charge in [0, 0.05) is 32.1 Å². The number of carbonyl (C=O) groups is 2. The van der Waals surface area contributed by atoms with E-state index in [0.29, 0.717) is 12.8 Å². The predicted octanol–water partition coefficient (Wildman–Crippen LogP) is 12.1. The van der Waals surface area contributed by atoms with Crippen LogP contribution in [0.5, 0.6) is 0 Å². The molecule has 1 unspecified atom stereocenters. The number of aliphatic carboxylic acids is 1. The van der Waals surface area contributed by atoms with E-state index in [1.165, 1.54) is 167 Å². The van der Waals surface area contributed by atoms with Gasteiger partial charge in [-0.25, -0.2) is 0 Å². The molecule has 0 fully saturated rings. The zero-order chi connectivity index (χ0) is 32.2. The van der Waals surface area contributed by atoms with Crippen molar-refractivity contribution in [3.8, 4) is 0 Å². The van der Waals surface area contributed by atoms with E-state index < -0.39 is 5.97 Å². The Morgan fingerprint density at radius 1 is 0.500 bits per heavy atom. The number of unbranched alkanes of at least 4 members (excludes halogenated alkanes) is 26. The molecule has 5 heteroatoms. The monoisotopic (exact) mass is 624 g/mol. The van der Waals surface area contributed by atoms with Crippen molar-refractivity contribution in [2.75, 3.05) is 13.2 Å². The molecule has 0 bridgehead atoms. The average Bonchev–Trinajstić information content (AvgIpc) is 3.01. The minimum absolute atomic E-state index is 0.0130. The van der Waals surface area contributed by atoms with Crippen LogP contribution in [0.25, 0.3) is 0 Å². The average molecular weight is 624 g/mol. The molecule has 2 N–H and O–H groups in total. The fourth-order valence-electron chi connectivity index (χ4n) is 6.09. The minimum Gasteiger partial charge on any atom is -0.481 e. The molecule has 1 atom stereocenters. The maximum Gasteiger partial charge on any atom is 0.303 e. The van der Waals surface area contributed by atoms with Crippen LogP contribution in [0, 0.1) is 0 Å². The van der Waals surface area contributed by atoms with E-state index in [2.05, 4.69) is 12.2 Å². The highest BCUT2D eigenvalue weighted by molar-refractivity contribution is 5.76. The van der Waals surface area contributed by atoms with Gasteiger partial charge >= 0.3 is 5.97 Å². The Bertz CT molecular complexity index is 597. The van der Waals surface area contributed by atoms with Crippen LogP contribution in [0.4, 0.5) is 0 Å². The van der Waals surface area contributed by atoms with Gasteiger partial charge in [0.25, 0.3) is 0 Å². The van der Waals surface area contributed by atoms with Crippen LogP contribution < -0.4 is 5.32 Å². The highest BCUT2D eigenvalue weighted by Crippen LogP contribution is 2.15. The Morgan fingerprint density at radius 3 is 1.18 bits per heavy atom. The topological polar surface area (TPSA) is 75.6 Å². The van der Waals surface area contributed by atoms with Gasteiger partial charge in [-0.2, -0.15) is 0 Å². The second-order valence-electron chi connectivity index (χ2n) is 13.5. The van der Waals surface area contributed by atoms with Gasteiger partial charge in [-0.15, -0.1) is 0 Å². The van der Waals surface area contributed by atoms with Crippen LogP contribution in [0.3, 0.4) is 0 Å². The number of carboxylic acids is 1. The molecule has 0 aromatic rings. The smallest absolute Gasteiger partial charge is 0.303 e. The van der Waals surface area contributed by atoms with Crippen LogP contribution in [0.15, 0.2) is 0 Å². The SMILES string of the molecule is CCCCCCCCCCCCCCCCCCCCCCOCCCCCCCCCCC(=O)NC(CC)CCC(=O)O. The molecule has 0 aromatic carbocycles. The van der Waals surface area contributed by atoms with E-state index in [0.717, 1.165) is 32.5 Å². The second-order valence-corrected chi connectivity index (χ2v) is 13.5. The molecule has 0 aliphatic carbocycles. The molecule has 0 radical (unpaired) electrons. The minimum atomic E-state index is -0.800. The number of hydrogen-bond acceptors (Lipinski definition) is 3. The number of rotatable bonds is 37. The van der Waals surface area contributed by atoms with Crippen LogP contribution in [-0.2, 0) is 14.3 Å². The number of carboxylic acid groups (broad SMARTS) is 1. The summed E-state index contributed by atoms with van der Waals surface area (Å²) in [6.45, 7) is 6.14. The van der Waals surface area contributed by atoms with Gasteiger partial charge in [-0.3, -0.25) is 9.59 Å². The molecule has 0 saturated heterocycles. The van der Waals surface area contributed by atoms with Crippen LogP contribution >= 0.6 is 0 Å². The Morgan fingerprint density at radius 2 is 0.841 bits per heavy atom. The van der Waals surface area contributed by atoms with Crippen molar-refractivity contribution in [2.24, 2.45) is 0 Å². The molecule has 0 aliphatic heterocycles. The largest absolute Gasteiger partial charge is 0.481 e. The zero-order valence-electron chi connectivity index (χ0n) is 29.8. The van der Waals surface area contributed by atoms with Crippen molar-refractivity contribution < 1.29 is 19.4 Å². The van der Waals surface area contributed by atoms with Gasteiger partial charge in [-0.1, -0.05) is 174 Å². The summed E-state index contributed by atoms with van der Waals surface area (Å²) in [5.74, 6) is -0.732. The lowest BCUT2D eigenvalue weighted by Gasteiger charge is -2.15. The first-order valence-corrected chi connectivity index (χ1v) is 19.7. The summed E-state index contributed by atoms with van der Waals surface area (Å²) >= 11 is 0. The van der Waals surface area contributed by atoms with E-state index in [4.69, 9.17) is 9.84 Å². The molecule has 0 spiro atoms. The summed E-state index contributed by atoms with van der Waals surface area (Å²) in [4.78, 5) is 22.8. The standard InChI is InChI=1S/C39H77NO4/c1-3-5-6-7-8-9-10-11-12-13-14-15-16-17-18-19-21-24-27-30-35-44-36-31-28-25-22-20-23-26-29-32-38(41)40-37(4-2)33-34-39(42)43/h37H,3-36H2,1-2H3,(H,40,41)(H,42,43). The summed E-state index contributed by atoms with van der Waals surface area (Å²) < 4.78 is 5.85. The second kappa shape index (κ2) is 36.4. The van der Waals surface area contributed by atoms with Crippen molar-refractivity contribution >= 4 is 11.9 Å². The Hall–Kier alpha value is -1.10. The molecule has 44 heavy (non-hydrogen) atoms. The maximum absolute atomic E-state index is 12.0. The first kappa shape index (κ1) is 42.9. The first-order chi connectivity index (χ1) is 21.6. The van der Waals surface area contributed by atoms with Gasteiger partial charge < -0.3 is 15.2 Å². The molecular formula is C39H77NO4. The number of carbonyl (C=O) groups excluding carboxylic acids is 1. The predicted molar refractivity (Wildman–Crippen MR) is 189 cm³/mol. The number of amides is 1. The maximum atomic E-state index is 12.0. The van der Waals surface area contributed by atoms with Crippen molar-refractivity contribution in [3.05, 3.63) is 0 Å². The van der Waals surface area contributed by atoms with Crippen LogP contribution in [0.1, 0.15) is 219 Å². The van der Waals surface area contributed by atoms with Gasteiger partial charge in [0.2, 0.25) is 5.91 Å². The molecule has 0 rings (SSSR count). The lowest BCUT2D eigenvalue weighted by molar-refractivity contribution is -0.137. The zero-order valence-corrected chi connectivity index (χ0v) is 29.8. The fourth-order valence-corrected chi connectivity index (χ4v) is 6.09. The summed E-state index contributed by atoms with van der Waals surface area (Å²) in [6.07, 6.45) is 39.9. The Balaban J connectivity index is 3.18. The Labute approximate surface area is 274 Å². The summed E-state index contributed by atoms with van der Waals surface area (Å²) in [5, 5.41) is 11.8. The van der Waals surface area contributed by atoms with E-state index >= 15 is 0 Å². The molecule has 0 saturated carbocycles. The molecule has 0 aliphatic rings. The van der Waals surface area contributed by atoms with E-state index in [1.54, 1.807) is 0 Å². The van der Waals surface area contributed by atoms with Crippen molar-refractivity contribution in [3.63, 3.8) is 0 Å². The highest BCUT2D eigenvalue weighted by atomic mass is 16.5. The van der Waals surface area contributed by atoms with Crippen molar-refractivity contribution in [1.29, 1.82) is 0 Å². The number of ether oxygens (including phenoxy) is 1. The van der Waals surface area contributed by atoms with Gasteiger partial charge in [-0.05, 0) is 32.1 Å². The van der Waals surface area contributed by atoms with Gasteiger partial charge in [0.05, 0.1) is 0 Å². The molecule has 262 valence electrons. The highest BCUT2D eigenvalue weighted by Gasteiger charge is 2.11. The number of nitrogens with one attached hydrogen (secondary N) is 1. The van der Waals surface area contributed by atoms with Crippen molar-refractivity contribution in [2.45, 2.75) is 225 Å². The number of hydrogen-bond donors (Lipinski definition) is 2. The Kier molecular flexibility index (Phi) is 35.5. The molecule has 0 aromatic heterocycles. The van der Waals surface area contributed by atoms with Crippen LogP contribution in [0.2, 0.25) is 0 Å². The molecular weight excluding hydrogens is 546 g/mol. The summed E-state index contributed by atoms with van der Waals surface area (Å²) in [7, 11) is 0. The van der Waals surface area contributed by atoms with Crippen molar-refractivity contribution in [1.82, 2.24) is 5.32 Å². The molecule has 5 nitrogen and oxygen atoms in total. The van der Waals surface area contributed by atoms with E-state index in [-0.39, 0.29) is 18.4 Å². The summed E-state index contributed by atoms with van der Waals surface area (Å²) in [5.41, 5.74) is 0. The first-order valence-electron chi connectivity index (χ1n) is 19.7. The van der Waals surface area contributed by atoms with Gasteiger partial charge in [0.1, 0.15) is 0 Å². The normalized spacial score (nSPS) is 12.0. The van der Waals surface area contributed by atoms with Gasteiger partial charge in [0.15, 0.2) is 0 Å². The fraction of sp³-hybridized carbons (Fsp3) is 0.949. The lowest BCUT2D eigenvalue weighted by atomic mass is 10.0.